The zero-order valence-corrected chi connectivity index (χ0v) is 11.8. The van der Waals surface area contributed by atoms with E-state index < -0.39 is 9.84 Å². The molecule has 0 bridgehead atoms. The number of rotatable bonds is 5. The van der Waals surface area contributed by atoms with Crippen molar-refractivity contribution in [2.45, 2.75) is 69.4 Å². The van der Waals surface area contributed by atoms with Gasteiger partial charge in [0.2, 0.25) is 0 Å². The fourth-order valence-corrected chi connectivity index (χ4v) is 3.84. The molecule has 1 fully saturated rings. The first-order valence-electron chi connectivity index (χ1n) is 6.42. The first-order chi connectivity index (χ1) is 7.79. The molecule has 0 saturated heterocycles. The van der Waals surface area contributed by atoms with E-state index >= 15 is 0 Å². The zero-order chi connectivity index (χ0) is 13.1. The summed E-state index contributed by atoms with van der Waals surface area (Å²) in [7, 11) is -2.91. The molecule has 2 N–H and O–H groups in total. The maximum absolute atomic E-state index is 11.5. The molecule has 102 valence electrons. The van der Waals surface area contributed by atoms with Crippen LogP contribution in [0.1, 0.15) is 46.0 Å². The second kappa shape index (κ2) is 6.16. The van der Waals surface area contributed by atoms with Crippen LogP contribution in [0.4, 0.5) is 0 Å². The Labute approximate surface area is 105 Å². The van der Waals surface area contributed by atoms with Gasteiger partial charge in [0.25, 0.3) is 0 Å². The van der Waals surface area contributed by atoms with Crippen molar-refractivity contribution in [3.63, 3.8) is 0 Å². The monoisotopic (exact) mass is 263 g/mol. The lowest BCUT2D eigenvalue weighted by atomic mass is 9.94. The normalized spacial score (nSPS) is 29.9. The van der Waals surface area contributed by atoms with Gasteiger partial charge in [0, 0.05) is 18.3 Å². The molecule has 1 aliphatic carbocycles. The van der Waals surface area contributed by atoms with Crippen LogP contribution < -0.4 is 5.32 Å². The van der Waals surface area contributed by atoms with Gasteiger partial charge in [-0.15, -0.1) is 0 Å². The van der Waals surface area contributed by atoms with Gasteiger partial charge in [-0.3, -0.25) is 0 Å². The highest BCUT2D eigenvalue weighted by Gasteiger charge is 2.29. The van der Waals surface area contributed by atoms with Gasteiger partial charge in [-0.05, 0) is 39.5 Å². The summed E-state index contributed by atoms with van der Waals surface area (Å²) in [6.45, 7) is 3.81. The molecule has 0 aromatic carbocycles. The van der Waals surface area contributed by atoms with Crippen LogP contribution in [0.5, 0.6) is 0 Å². The Bertz CT molecular complexity index is 327. The molecule has 0 aromatic heterocycles. The summed E-state index contributed by atoms with van der Waals surface area (Å²) < 4.78 is 23.1. The summed E-state index contributed by atoms with van der Waals surface area (Å²) in [4.78, 5) is 0. The van der Waals surface area contributed by atoms with Gasteiger partial charge < -0.3 is 10.4 Å². The molecule has 0 spiro atoms. The molecule has 0 radical (unpaired) electrons. The highest BCUT2D eigenvalue weighted by Crippen LogP contribution is 2.24. The van der Waals surface area contributed by atoms with Crippen molar-refractivity contribution in [1.82, 2.24) is 5.32 Å². The molecule has 5 heteroatoms. The second-order valence-corrected chi connectivity index (χ2v) is 7.79. The number of hydrogen-bond acceptors (Lipinski definition) is 4. The molecule has 0 heterocycles. The molecular weight excluding hydrogens is 238 g/mol. The third kappa shape index (κ3) is 5.36. The largest absolute Gasteiger partial charge is 0.393 e. The number of aliphatic hydroxyl groups excluding tert-OH is 1. The van der Waals surface area contributed by atoms with E-state index in [1.165, 1.54) is 6.26 Å². The lowest BCUT2D eigenvalue weighted by Gasteiger charge is -2.31. The number of aliphatic hydroxyl groups is 1. The molecule has 4 unspecified atom stereocenters. The Morgan fingerprint density at radius 2 is 2.00 bits per heavy atom. The summed E-state index contributed by atoms with van der Waals surface area (Å²) in [6, 6.07) is 0.510. The predicted molar refractivity (Wildman–Crippen MR) is 69.8 cm³/mol. The third-order valence-corrected chi connectivity index (χ3v) is 5.09. The Balaban J connectivity index is 2.45. The van der Waals surface area contributed by atoms with Crippen LogP contribution in [0.3, 0.4) is 0 Å². The Morgan fingerprint density at radius 1 is 1.35 bits per heavy atom. The van der Waals surface area contributed by atoms with Crippen LogP contribution in [-0.2, 0) is 9.84 Å². The van der Waals surface area contributed by atoms with Crippen molar-refractivity contribution >= 4 is 9.84 Å². The van der Waals surface area contributed by atoms with Gasteiger partial charge in [-0.1, -0.05) is 6.42 Å². The quantitative estimate of drug-likeness (QED) is 0.779. The van der Waals surface area contributed by atoms with Crippen LogP contribution in [0.25, 0.3) is 0 Å². The van der Waals surface area contributed by atoms with Crippen molar-refractivity contribution in [2.75, 3.05) is 6.26 Å². The second-order valence-electron chi connectivity index (χ2n) is 5.47. The number of sulfone groups is 1. The molecule has 4 atom stereocenters. The summed E-state index contributed by atoms with van der Waals surface area (Å²) in [5.41, 5.74) is 0. The fraction of sp³-hybridized carbons (Fsp3) is 1.00. The molecule has 0 aliphatic heterocycles. The smallest absolute Gasteiger partial charge is 0.150 e. The first kappa shape index (κ1) is 14.9. The standard InChI is InChI=1S/C12H25NO3S/c1-9(7-10(2)14)13-11-5-4-6-12(8-11)17(3,15)16/h9-14H,4-8H2,1-3H3. The van der Waals surface area contributed by atoms with Crippen molar-refractivity contribution < 1.29 is 13.5 Å². The lowest BCUT2D eigenvalue weighted by Crippen LogP contribution is -2.43. The van der Waals surface area contributed by atoms with Gasteiger partial charge in [0.15, 0.2) is 0 Å². The van der Waals surface area contributed by atoms with Crippen LogP contribution in [0.15, 0.2) is 0 Å². The van der Waals surface area contributed by atoms with Crippen molar-refractivity contribution in [3.05, 3.63) is 0 Å². The Kier molecular flexibility index (Phi) is 5.41. The average molecular weight is 263 g/mol. The fourth-order valence-electron chi connectivity index (χ4n) is 2.67. The van der Waals surface area contributed by atoms with Gasteiger partial charge >= 0.3 is 0 Å². The van der Waals surface area contributed by atoms with E-state index in [1.54, 1.807) is 6.92 Å². The van der Waals surface area contributed by atoms with E-state index in [4.69, 9.17) is 0 Å². The van der Waals surface area contributed by atoms with E-state index in [0.29, 0.717) is 12.8 Å². The summed E-state index contributed by atoms with van der Waals surface area (Å²) >= 11 is 0. The minimum absolute atomic E-state index is 0.188. The summed E-state index contributed by atoms with van der Waals surface area (Å²) in [5.74, 6) is 0. The Morgan fingerprint density at radius 3 is 2.53 bits per heavy atom. The molecule has 0 aromatic rings. The van der Waals surface area contributed by atoms with Gasteiger partial charge in [0.05, 0.1) is 11.4 Å². The number of nitrogens with one attached hydrogen (secondary N) is 1. The molecular formula is C12H25NO3S. The van der Waals surface area contributed by atoms with Crippen molar-refractivity contribution in [1.29, 1.82) is 0 Å². The molecule has 17 heavy (non-hydrogen) atoms. The summed E-state index contributed by atoms with van der Waals surface area (Å²) in [6.07, 6.45) is 5.24. The minimum Gasteiger partial charge on any atom is -0.393 e. The van der Waals surface area contributed by atoms with E-state index in [2.05, 4.69) is 5.32 Å². The zero-order valence-electron chi connectivity index (χ0n) is 11.0. The van der Waals surface area contributed by atoms with E-state index in [1.807, 2.05) is 6.92 Å². The average Bonchev–Trinajstić information content (AvgIpc) is 2.15. The maximum Gasteiger partial charge on any atom is 0.150 e. The van der Waals surface area contributed by atoms with E-state index in [0.717, 1.165) is 19.3 Å². The van der Waals surface area contributed by atoms with Crippen molar-refractivity contribution in [2.24, 2.45) is 0 Å². The topological polar surface area (TPSA) is 66.4 Å². The first-order valence-corrected chi connectivity index (χ1v) is 8.37. The van der Waals surface area contributed by atoms with E-state index in [-0.39, 0.29) is 23.4 Å². The molecule has 1 rings (SSSR count). The van der Waals surface area contributed by atoms with Crippen molar-refractivity contribution in [3.8, 4) is 0 Å². The number of hydrogen-bond donors (Lipinski definition) is 2. The Hall–Kier alpha value is -0.130. The van der Waals surface area contributed by atoms with Gasteiger partial charge in [0.1, 0.15) is 9.84 Å². The van der Waals surface area contributed by atoms with Gasteiger partial charge in [-0.25, -0.2) is 8.42 Å². The highest BCUT2D eigenvalue weighted by molar-refractivity contribution is 7.91. The lowest BCUT2D eigenvalue weighted by molar-refractivity contribution is 0.165. The maximum atomic E-state index is 11.5. The van der Waals surface area contributed by atoms with Crippen LogP contribution >= 0.6 is 0 Å². The van der Waals surface area contributed by atoms with E-state index in [9.17, 15) is 13.5 Å². The van der Waals surface area contributed by atoms with Crippen LogP contribution in [0.2, 0.25) is 0 Å². The molecule has 0 amide bonds. The van der Waals surface area contributed by atoms with Gasteiger partial charge in [-0.2, -0.15) is 0 Å². The predicted octanol–water partition coefficient (Wildman–Crippen LogP) is 1.09. The SMILES string of the molecule is CC(O)CC(C)NC1CCCC(S(C)(=O)=O)C1. The highest BCUT2D eigenvalue weighted by atomic mass is 32.2. The van der Waals surface area contributed by atoms with Crippen LogP contribution in [-0.4, -0.2) is 43.2 Å². The minimum atomic E-state index is -2.91. The third-order valence-electron chi connectivity index (χ3n) is 3.45. The van der Waals surface area contributed by atoms with Crippen LogP contribution in [0, 0.1) is 0 Å². The molecule has 4 nitrogen and oxygen atoms in total. The molecule has 1 saturated carbocycles. The molecule has 1 aliphatic rings. The summed E-state index contributed by atoms with van der Waals surface area (Å²) in [5, 5.41) is 12.5.